The average Bonchev–Trinajstić information content (AvgIpc) is 3.11. The van der Waals surface area contributed by atoms with E-state index < -0.39 is 0 Å². The molecule has 0 saturated carbocycles. The molecule has 4 rings (SSSR count). The van der Waals surface area contributed by atoms with E-state index in [1.165, 1.54) is 16.0 Å². The zero-order valence-corrected chi connectivity index (χ0v) is 19.9. The van der Waals surface area contributed by atoms with Crippen molar-refractivity contribution in [2.45, 2.75) is 18.4 Å². The molecule has 0 aliphatic carbocycles. The summed E-state index contributed by atoms with van der Waals surface area (Å²) in [5.41, 5.74) is 3.31. The van der Waals surface area contributed by atoms with Gasteiger partial charge in [-0.1, -0.05) is 83.5 Å². The zero-order valence-electron chi connectivity index (χ0n) is 17.6. The molecule has 1 heterocycles. The number of allylic oxidation sites excluding steroid dienone is 2. The molecule has 4 aromatic rings. The van der Waals surface area contributed by atoms with Gasteiger partial charge in [-0.3, -0.25) is 4.57 Å². The summed E-state index contributed by atoms with van der Waals surface area (Å²) in [6, 6.07) is 26.3. The molecule has 0 radical (unpaired) electrons. The van der Waals surface area contributed by atoms with Crippen LogP contribution < -0.4 is 0 Å². The van der Waals surface area contributed by atoms with Crippen molar-refractivity contribution in [3.05, 3.63) is 123 Å². The highest BCUT2D eigenvalue weighted by atomic mass is 35.5. The number of halogens is 1. The summed E-state index contributed by atoms with van der Waals surface area (Å²) in [6.45, 7) is 2.74. The zero-order chi connectivity index (χ0) is 22.3. The third kappa shape index (κ3) is 5.68. The lowest BCUT2D eigenvalue weighted by molar-refractivity contribution is 0.762. The van der Waals surface area contributed by atoms with E-state index in [2.05, 4.69) is 48.7 Å². The minimum atomic E-state index is 0.633. The Morgan fingerprint density at radius 2 is 1.66 bits per heavy atom. The number of rotatable bonds is 7. The maximum atomic E-state index is 6.05. The molecule has 3 nitrogen and oxygen atoms in total. The van der Waals surface area contributed by atoms with Crippen molar-refractivity contribution < 1.29 is 0 Å². The van der Waals surface area contributed by atoms with Crippen LogP contribution in [-0.4, -0.2) is 14.3 Å². The van der Waals surface area contributed by atoms with Gasteiger partial charge in [0.05, 0.1) is 12.2 Å². The van der Waals surface area contributed by atoms with E-state index >= 15 is 0 Å². The quantitative estimate of drug-likeness (QED) is 0.155. The predicted octanol–water partition coefficient (Wildman–Crippen LogP) is 7.73. The lowest BCUT2D eigenvalue weighted by atomic mass is 10.2. The second kappa shape index (κ2) is 10.6. The number of benzene rings is 3. The SMILES string of the molecule is Cc1ccc(S/C=C/C=C\c2nn(-c3ccc(Cl)cc3)c(=S)n2Cc2ccccc2)cc1. The first-order valence-electron chi connectivity index (χ1n) is 10.2. The molecule has 3 aromatic carbocycles. The number of hydrogen-bond acceptors (Lipinski definition) is 3. The highest BCUT2D eigenvalue weighted by molar-refractivity contribution is 8.02. The van der Waals surface area contributed by atoms with E-state index in [1.54, 1.807) is 16.4 Å². The summed E-state index contributed by atoms with van der Waals surface area (Å²) >= 11 is 13.5. The van der Waals surface area contributed by atoms with E-state index in [-0.39, 0.29) is 0 Å². The molecular weight excluding hydrogens is 454 g/mol. The molecular formula is C26H22ClN3S2. The molecule has 6 heteroatoms. The van der Waals surface area contributed by atoms with E-state index in [0.717, 1.165) is 11.5 Å². The van der Waals surface area contributed by atoms with Crippen LogP contribution in [-0.2, 0) is 6.54 Å². The van der Waals surface area contributed by atoms with Crippen molar-refractivity contribution in [2.24, 2.45) is 0 Å². The molecule has 160 valence electrons. The van der Waals surface area contributed by atoms with E-state index in [1.807, 2.05) is 65.3 Å². The molecule has 0 aliphatic heterocycles. The van der Waals surface area contributed by atoms with Crippen molar-refractivity contribution in [1.82, 2.24) is 14.3 Å². The van der Waals surface area contributed by atoms with Crippen LogP contribution >= 0.6 is 35.6 Å². The van der Waals surface area contributed by atoms with Gasteiger partial charge in [0, 0.05) is 9.92 Å². The van der Waals surface area contributed by atoms with Gasteiger partial charge < -0.3 is 0 Å². The molecule has 0 spiro atoms. The van der Waals surface area contributed by atoms with Crippen LogP contribution in [0, 0.1) is 11.7 Å². The fourth-order valence-corrected chi connectivity index (χ4v) is 4.17. The molecule has 0 fully saturated rings. The Morgan fingerprint density at radius 1 is 0.938 bits per heavy atom. The Balaban J connectivity index is 1.60. The van der Waals surface area contributed by atoms with E-state index in [0.29, 0.717) is 16.3 Å². The maximum Gasteiger partial charge on any atom is 0.203 e. The van der Waals surface area contributed by atoms with Gasteiger partial charge in [-0.2, -0.15) is 0 Å². The van der Waals surface area contributed by atoms with Gasteiger partial charge in [-0.25, -0.2) is 4.68 Å². The van der Waals surface area contributed by atoms with Gasteiger partial charge in [0.1, 0.15) is 0 Å². The standard InChI is InChI=1S/C26H22ClN3S2/c1-20-10-16-24(17-11-20)32-18-6-5-9-25-28-30(23-14-12-22(27)13-15-23)26(31)29(25)19-21-7-3-2-4-8-21/h2-18H,19H2,1H3/b9-5-,18-6+. The second-order valence-corrected chi connectivity index (χ2v) is 9.00. The van der Waals surface area contributed by atoms with E-state index in [9.17, 15) is 0 Å². The molecule has 1 aromatic heterocycles. The van der Waals surface area contributed by atoms with Crippen molar-refractivity contribution in [3.8, 4) is 5.69 Å². The molecule has 0 N–H and O–H groups in total. The summed E-state index contributed by atoms with van der Waals surface area (Å²) < 4.78 is 4.45. The molecule has 0 unspecified atom stereocenters. The van der Waals surface area contributed by atoms with Crippen molar-refractivity contribution in [3.63, 3.8) is 0 Å². The summed E-state index contributed by atoms with van der Waals surface area (Å²) in [5, 5.41) is 7.52. The van der Waals surface area contributed by atoms with Crippen LogP contribution in [0.15, 0.2) is 101 Å². The molecule has 32 heavy (non-hydrogen) atoms. The van der Waals surface area contributed by atoms with Gasteiger partial charge in [0.25, 0.3) is 0 Å². The summed E-state index contributed by atoms with van der Waals surface area (Å²) in [5.74, 6) is 0.791. The molecule has 0 amide bonds. The van der Waals surface area contributed by atoms with Crippen molar-refractivity contribution >= 4 is 41.7 Å². The maximum absolute atomic E-state index is 6.05. The van der Waals surface area contributed by atoms with Crippen molar-refractivity contribution in [2.75, 3.05) is 0 Å². The first-order chi connectivity index (χ1) is 15.6. The summed E-state index contributed by atoms with van der Waals surface area (Å²) in [7, 11) is 0. The minimum Gasteiger partial charge on any atom is -0.296 e. The normalized spacial score (nSPS) is 11.6. The van der Waals surface area contributed by atoms with Crippen LogP contribution in [0.4, 0.5) is 0 Å². The third-order valence-corrected chi connectivity index (χ3v) is 6.29. The van der Waals surface area contributed by atoms with Gasteiger partial charge in [0.15, 0.2) is 5.82 Å². The Bertz CT molecular complexity index is 1290. The van der Waals surface area contributed by atoms with Crippen LogP contribution in [0.3, 0.4) is 0 Å². The van der Waals surface area contributed by atoms with Crippen LogP contribution in [0.1, 0.15) is 17.0 Å². The lowest BCUT2D eigenvalue weighted by Gasteiger charge is -2.04. The predicted molar refractivity (Wildman–Crippen MR) is 138 cm³/mol. The van der Waals surface area contributed by atoms with Gasteiger partial charge in [-0.15, -0.1) is 5.10 Å². The molecule has 0 bridgehead atoms. The van der Waals surface area contributed by atoms with Crippen LogP contribution in [0.2, 0.25) is 5.02 Å². The Labute approximate surface area is 202 Å². The van der Waals surface area contributed by atoms with Crippen LogP contribution in [0.25, 0.3) is 11.8 Å². The highest BCUT2D eigenvalue weighted by Crippen LogP contribution is 2.20. The topological polar surface area (TPSA) is 22.8 Å². The third-order valence-electron chi connectivity index (χ3n) is 4.81. The Hall–Kier alpha value is -2.86. The summed E-state index contributed by atoms with van der Waals surface area (Å²) in [6.07, 6.45) is 5.99. The summed E-state index contributed by atoms with van der Waals surface area (Å²) in [4.78, 5) is 1.21. The number of thioether (sulfide) groups is 1. The van der Waals surface area contributed by atoms with Gasteiger partial charge in [0.2, 0.25) is 4.77 Å². The first kappa shape index (κ1) is 22.3. The van der Waals surface area contributed by atoms with Crippen molar-refractivity contribution in [1.29, 1.82) is 0 Å². The number of aryl methyl sites for hydroxylation is 1. The minimum absolute atomic E-state index is 0.633. The van der Waals surface area contributed by atoms with Gasteiger partial charge in [-0.05, 0) is 72.6 Å². The second-order valence-electron chi connectivity index (χ2n) is 7.22. The van der Waals surface area contributed by atoms with Gasteiger partial charge >= 0.3 is 0 Å². The smallest absolute Gasteiger partial charge is 0.203 e. The molecule has 0 aliphatic rings. The number of aromatic nitrogens is 3. The fourth-order valence-electron chi connectivity index (χ4n) is 3.12. The first-order valence-corrected chi connectivity index (χ1v) is 11.8. The lowest BCUT2D eigenvalue weighted by Crippen LogP contribution is -2.03. The van der Waals surface area contributed by atoms with E-state index in [4.69, 9.17) is 28.9 Å². The fraction of sp³-hybridized carbons (Fsp3) is 0.0769. The van der Waals surface area contributed by atoms with Crippen LogP contribution in [0.5, 0.6) is 0 Å². The Morgan fingerprint density at radius 3 is 2.38 bits per heavy atom. The number of hydrogen-bond donors (Lipinski definition) is 0. The Kier molecular flexibility index (Phi) is 7.43. The monoisotopic (exact) mass is 475 g/mol. The average molecular weight is 476 g/mol. The molecule has 0 saturated heterocycles. The number of nitrogens with zero attached hydrogens (tertiary/aromatic N) is 3. The largest absolute Gasteiger partial charge is 0.296 e. The molecule has 0 atom stereocenters. The highest BCUT2D eigenvalue weighted by Gasteiger charge is 2.10.